The predicted octanol–water partition coefficient (Wildman–Crippen LogP) is 1.34. The maximum Gasteiger partial charge on any atom is 0.282 e. The Bertz CT molecular complexity index is 561. The number of hydrogen-bond acceptors (Lipinski definition) is 5. The third-order valence-electron chi connectivity index (χ3n) is 3.76. The average molecular weight is 292 g/mol. The third-order valence-corrected chi connectivity index (χ3v) is 3.76. The number of nitrogens with two attached hydrogens (primary N) is 1. The smallest absolute Gasteiger partial charge is 0.282 e. The zero-order valence-corrected chi connectivity index (χ0v) is 12.3. The molecular formula is C14H20N4O3. The summed E-state index contributed by atoms with van der Waals surface area (Å²) in [5.74, 6) is -0.322. The Labute approximate surface area is 123 Å². The lowest BCUT2D eigenvalue weighted by Gasteiger charge is -2.28. The van der Waals surface area contributed by atoms with Crippen molar-refractivity contribution in [2.45, 2.75) is 19.4 Å². The monoisotopic (exact) mass is 292 g/mol. The minimum absolute atomic E-state index is 0.00559. The molecule has 2 N–H and O–H groups in total. The van der Waals surface area contributed by atoms with Crippen LogP contribution in [0.3, 0.4) is 0 Å². The van der Waals surface area contributed by atoms with Gasteiger partial charge < -0.3 is 15.5 Å². The summed E-state index contributed by atoms with van der Waals surface area (Å²) in [4.78, 5) is 27.1. The number of nitrogen functional groups attached to an aromatic ring is 1. The lowest BCUT2D eigenvalue weighted by atomic mass is 10.1. The van der Waals surface area contributed by atoms with E-state index in [1.807, 2.05) is 14.0 Å². The number of likely N-dealkylation sites (N-methyl/N-ethyl adjacent to an activating group) is 1. The summed E-state index contributed by atoms with van der Waals surface area (Å²) in [5, 5.41) is 11.1. The van der Waals surface area contributed by atoms with Gasteiger partial charge in [-0.25, -0.2) is 0 Å². The van der Waals surface area contributed by atoms with E-state index in [4.69, 9.17) is 5.73 Å². The first-order chi connectivity index (χ1) is 9.90. The van der Waals surface area contributed by atoms with E-state index in [1.54, 1.807) is 4.90 Å². The fourth-order valence-electron chi connectivity index (χ4n) is 2.71. The van der Waals surface area contributed by atoms with Crippen molar-refractivity contribution in [2.24, 2.45) is 0 Å². The topological polar surface area (TPSA) is 92.7 Å². The summed E-state index contributed by atoms with van der Waals surface area (Å²) in [6.07, 6.45) is 0.850. The van der Waals surface area contributed by atoms with Crippen molar-refractivity contribution in [3.63, 3.8) is 0 Å². The van der Waals surface area contributed by atoms with Crippen LogP contribution < -0.4 is 5.73 Å². The first kappa shape index (κ1) is 15.2. The summed E-state index contributed by atoms with van der Waals surface area (Å²) in [6.45, 7) is 4.21. The molecule has 1 aliphatic heterocycles. The molecule has 1 aliphatic rings. The van der Waals surface area contributed by atoms with Gasteiger partial charge in [0.15, 0.2) is 0 Å². The second-order valence-electron chi connectivity index (χ2n) is 5.50. The molecule has 114 valence electrons. The highest BCUT2D eigenvalue weighted by Gasteiger charge is 2.29. The molecule has 1 amide bonds. The first-order valence-electron chi connectivity index (χ1n) is 6.93. The predicted molar refractivity (Wildman–Crippen MR) is 80.1 cm³/mol. The molecule has 0 aliphatic carbocycles. The van der Waals surface area contributed by atoms with Crippen molar-refractivity contribution in [1.82, 2.24) is 9.80 Å². The van der Waals surface area contributed by atoms with Crippen molar-refractivity contribution in [3.8, 4) is 0 Å². The van der Waals surface area contributed by atoms with E-state index >= 15 is 0 Å². The maximum absolute atomic E-state index is 12.7. The minimum atomic E-state index is -0.540. The summed E-state index contributed by atoms with van der Waals surface area (Å²) < 4.78 is 0. The number of nitro groups is 1. The van der Waals surface area contributed by atoms with E-state index in [0.29, 0.717) is 12.2 Å². The SMILES string of the molecule is CC1CN(C)CCCN1C(=O)c1cc(N)ccc1[N+](=O)[O-]. The molecule has 0 saturated carbocycles. The van der Waals surface area contributed by atoms with E-state index in [2.05, 4.69) is 4.90 Å². The van der Waals surface area contributed by atoms with Crippen molar-refractivity contribution in [2.75, 3.05) is 32.4 Å². The van der Waals surface area contributed by atoms with Crippen molar-refractivity contribution < 1.29 is 9.72 Å². The van der Waals surface area contributed by atoms with Crippen LogP contribution in [0.1, 0.15) is 23.7 Å². The van der Waals surface area contributed by atoms with Crippen LogP contribution in [0.25, 0.3) is 0 Å². The molecule has 1 aromatic rings. The van der Waals surface area contributed by atoms with E-state index < -0.39 is 4.92 Å². The summed E-state index contributed by atoms with van der Waals surface area (Å²) in [6, 6.07) is 4.12. The molecule has 7 heteroatoms. The zero-order chi connectivity index (χ0) is 15.6. The Morgan fingerprint density at radius 1 is 1.43 bits per heavy atom. The first-order valence-corrected chi connectivity index (χ1v) is 6.93. The number of benzene rings is 1. The fourth-order valence-corrected chi connectivity index (χ4v) is 2.71. The van der Waals surface area contributed by atoms with Gasteiger partial charge in [-0.2, -0.15) is 0 Å². The lowest BCUT2D eigenvalue weighted by Crippen LogP contribution is -2.42. The van der Waals surface area contributed by atoms with Crippen LogP contribution in [0.4, 0.5) is 11.4 Å². The summed E-state index contributed by atoms with van der Waals surface area (Å²) >= 11 is 0. The second kappa shape index (κ2) is 6.09. The van der Waals surface area contributed by atoms with Crippen LogP contribution in [-0.4, -0.2) is 53.4 Å². The highest BCUT2D eigenvalue weighted by Crippen LogP contribution is 2.24. The van der Waals surface area contributed by atoms with Gasteiger partial charge in [0.2, 0.25) is 0 Å². The quantitative estimate of drug-likeness (QED) is 0.504. The Hall–Kier alpha value is -2.15. The summed E-state index contributed by atoms with van der Waals surface area (Å²) in [5.41, 5.74) is 5.90. The van der Waals surface area contributed by atoms with Crippen molar-refractivity contribution in [1.29, 1.82) is 0 Å². The number of nitro benzene ring substituents is 1. The molecule has 1 heterocycles. The molecule has 0 radical (unpaired) electrons. The normalized spacial score (nSPS) is 20.1. The minimum Gasteiger partial charge on any atom is -0.399 e. The average Bonchev–Trinajstić information content (AvgIpc) is 2.58. The zero-order valence-electron chi connectivity index (χ0n) is 12.3. The van der Waals surface area contributed by atoms with Gasteiger partial charge >= 0.3 is 0 Å². The molecule has 1 aromatic carbocycles. The summed E-state index contributed by atoms with van der Waals surface area (Å²) in [7, 11) is 2.01. The van der Waals surface area contributed by atoms with Gasteiger partial charge in [0.05, 0.1) is 4.92 Å². The third kappa shape index (κ3) is 3.30. The maximum atomic E-state index is 12.7. The van der Waals surface area contributed by atoms with Gasteiger partial charge in [-0.05, 0) is 39.1 Å². The van der Waals surface area contributed by atoms with Gasteiger partial charge in [-0.15, -0.1) is 0 Å². The van der Waals surface area contributed by atoms with Gasteiger partial charge in [-0.3, -0.25) is 14.9 Å². The lowest BCUT2D eigenvalue weighted by molar-refractivity contribution is -0.385. The van der Waals surface area contributed by atoms with E-state index in [0.717, 1.165) is 19.5 Å². The molecule has 0 aromatic heterocycles. The standard InChI is InChI=1S/C14H20N4O3/c1-10-9-16(2)6-3-7-17(10)14(19)12-8-11(15)4-5-13(12)18(20)21/h4-5,8,10H,3,6-7,9,15H2,1-2H3. The number of carbonyl (C=O) groups excluding carboxylic acids is 1. The molecule has 1 unspecified atom stereocenters. The van der Waals surface area contributed by atoms with Crippen LogP contribution in [0.5, 0.6) is 0 Å². The molecule has 0 spiro atoms. The Morgan fingerprint density at radius 3 is 2.81 bits per heavy atom. The number of amides is 1. The van der Waals surface area contributed by atoms with Gasteiger partial charge in [0, 0.05) is 30.9 Å². The highest BCUT2D eigenvalue weighted by molar-refractivity contribution is 5.99. The van der Waals surface area contributed by atoms with Crippen LogP contribution in [0.2, 0.25) is 0 Å². The fraction of sp³-hybridized carbons (Fsp3) is 0.500. The van der Waals surface area contributed by atoms with Gasteiger partial charge in [0.1, 0.15) is 5.56 Å². The van der Waals surface area contributed by atoms with E-state index in [9.17, 15) is 14.9 Å². The van der Waals surface area contributed by atoms with Gasteiger partial charge in [-0.1, -0.05) is 0 Å². The highest BCUT2D eigenvalue weighted by atomic mass is 16.6. The number of hydrogen-bond donors (Lipinski definition) is 1. The van der Waals surface area contributed by atoms with Crippen molar-refractivity contribution in [3.05, 3.63) is 33.9 Å². The molecule has 1 atom stereocenters. The van der Waals surface area contributed by atoms with Gasteiger partial charge in [0.25, 0.3) is 11.6 Å². The molecule has 0 bridgehead atoms. The van der Waals surface area contributed by atoms with Crippen LogP contribution in [-0.2, 0) is 0 Å². The molecule has 21 heavy (non-hydrogen) atoms. The van der Waals surface area contributed by atoms with Crippen LogP contribution in [0, 0.1) is 10.1 Å². The molecular weight excluding hydrogens is 272 g/mol. The Morgan fingerprint density at radius 2 is 2.14 bits per heavy atom. The Balaban J connectivity index is 2.34. The van der Waals surface area contributed by atoms with Crippen LogP contribution >= 0.6 is 0 Å². The number of anilines is 1. The Kier molecular flexibility index (Phi) is 4.42. The molecule has 2 rings (SSSR count). The van der Waals surface area contributed by atoms with Crippen molar-refractivity contribution >= 4 is 17.3 Å². The van der Waals surface area contributed by atoms with E-state index in [-0.39, 0.29) is 23.2 Å². The number of nitrogens with zero attached hydrogens (tertiary/aromatic N) is 3. The largest absolute Gasteiger partial charge is 0.399 e. The number of rotatable bonds is 2. The molecule has 1 saturated heterocycles. The second-order valence-corrected chi connectivity index (χ2v) is 5.50. The van der Waals surface area contributed by atoms with Crippen LogP contribution in [0.15, 0.2) is 18.2 Å². The molecule has 1 fully saturated rings. The van der Waals surface area contributed by atoms with E-state index in [1.165, 1.54) is 18.2 Å². The molecule has 7 nitrogen and oxygen atoms in total. The number of carbonyl (C=O) groups is 1.